The number of carbonyl (C=O) groups is 1. The quantitative estimate of drug-likeness (QED) is 0.902. The third-order valence-electron chi connectivity index (χ3n) is 3.11. The van der Waals surface area contributed by atoms with Gasteiger partial charge in [-0.05, 0) is 49.1 Å². The van der Waals surface area contributed by atoms with Crippen molar-refractivity contribution in [3.05, 3.63) is 51.7 Å². The van der Waals surface area contributed by atoms with Crippen molar-refractivity contribution in [3.63, 3.8) is 0 Å². The molecule has 0 saturated heterocycles. The molecule has 0 saturated carbocycles. The van der Waals surface area contributed by atoms with E-state index in [0.29, 0.717) is 5.56 Å². The van der Waals surface area contributed by atoms with E-state index in [9.17, 15) is 4.79 Å². The molecule has 0 bridgehead atoms. The minimum atomic E-state index is -0.870. The Balaban J connectivity index is 2.23. The number of benzene rings is 1. The summed E-state index contributed by atoms with van der Waals surface area (Å²) in [6, 6.07) is 9.68. The first kappa shape index (κ1) is 13.6. The van der Waals surface area contributed by atoms with E-state index in [1.54, 1.807) is 17.4 Å². The number of aryl methyl sites for hydroxylation is 1. The Bertz CT molecular complexity index is 564. The van der Waals surface area contributed by atoms with Crippen LogP contribution in [0, 0.1) is 6.92 Å². The molecule has 0 atom stereocenters. The molecule has 100 valence electrons. The van der Waals surface area contributed by atoms with Crippen LogP contribution in [0.15, 0.2) is 35.7 Å². The van der Waals surface area contributed by atoms with Crippen molar-refractivity contribution < 1.29 is 9.90 Å². The van der Waals surface area contributed by atoms with Gasteiger partial charge in [-0.25, -0.2) is 4.79 Å². The molecule has 0 unspecified atom stereocenters. The van der Waals surface area contributed by atoms with Gasteiger partial charge in [0.15, 0.2) is 0 Å². The van der Waals surface area contributed by atoms with Gasteiger partial charge in [-0.2, -0.15) is 0 Å². The summed E-state index contributed by atoms with van der Waals surface area (Å²) in [5.74, 6) is -0.870. The lowest BCUT2D eigenvalue weighted by Gasteiger charge is -2.23. The van der Waals surface area contributed by atoms with Crippen molar-refractivity contribution in [1.82, 2.24) is 0 Å². The van der Waals surface area contributed by atoms with E-state index < -0.39 is 5.97 Å². The Labute approximate surface area is 117 Å². The van der Waals surface area contributed by atoms with E-state index in [4.69, 9.17) is 5.11 Å². The molecule has 1 heterocycles. The van der Waals surface area contributed by atoms with E-state index >= 15 is 0 Å². The average Bonchev–Trinajstić information content (AvgIpc) is 2.88. The summed E-state index contributed by atoms with van der Waals surface area (Å²) in [6.07, 6.45) is 0. The molecular weight excluding hydrogens is 258 g/mol. The first-order valence-electron chi connectivity index (χ1n) is 6.23. The Hall–Kier alpha value is -1.81. The Morgan fingerprint density at radius 1 is 1.37 bits per heavy atom. The summed E-state index contributed by atoms with van der Waals surface area (Å²) >= 11 is 1.74. The number of anilines is 1. The highest BCUT2D eigenvalue weighted by Gasteiger charge is 2.11. The summed E-state index contributed by atoms with van der Waals surface area (Å²) in [5.41, 5.74) is 2.24. The minimum absolute atomic E-state index is 0.371. The first-order valence-corrected chi connectivity index (χ1v) is 7.11. The van der Waals surface area contributed by atoms with Crippen molar-refractivity contribution in [1.29, 1.82) is 0 Å². The summed E-state index contributed by atoms with van der Waals surface area (Å²) in [5, 5.41) is 11.1. The Morgan fingerprint density at radius 3 is 2.68 bits per heavy atom. The van der Waals surface area contributed by atoms with Crippen LogP contribution >= 0.6 is 11.3 Å². The number of carboxylic acid groups (broad SMARTS) is 1. The molecule has 0 amide bonds. The van der Waals surface area contributed by atoms with Gasteiger partial charge in [0.25, 0.3) is 0 Å². The molecular formula is C15H17NO2S. The second-order valence-electron chi connectivity index (χ2n) is 4.40. The van der Waals surface area contributed by atoms with Crippen molar-refractivity contribution in [2.45, 2.75) is 20.4 Å². The molecule has 2 rings (SSSR count). The van der Waals surface area contributed by atoms with E-state index in [1.165, 1.54) is 4.88 Å². The highest BCUT2D eigenvalue weighted by molar-refractivity contribution is 7.09. The Kier molecular flexibility index (Phi) is 4.22. The highest BCUT2D eigenvalue weighted by Crippen LogP contribution is 2.22. The third-order valence-corrected chi connectivity index (χ3v) is 3.98. The molecule has 0 aliphatic rings. The minimum Gasteiger partial charge on any atom is -0.478 e. The highest BCUT2D eigenvalue weighted by atomic mass is 32.1. The number of hydrogen-bond donors (Lipinski definition) is 1. The zero-order valence-electron chi connectivity index (χ0n) is 11.1. The van der Waals surface area contributed by atoms with Gasteiger partial charge in [-0.1, -0.05) is 6.07 Å². The van der Waals surface area contributed by atoms with Crippen molar-refractivity contribution >= 4 is 23.0 Å². The molecule has 1 aromatic carbocycles. The van der Waals surface area contributed by atoms with E-state index in [-0.39, 0.29) is 0 Å². The zero-order valence-corrected chi connectivity index (χ0v) is 11.9. The smallest absolute Gasteiger partial charge is 0.335 e. The molecule has 0 spiro atoms. The van der Waals surface area contributed by atoms with Gasteiger partial charge in [-0.3, -0.25) is 0 Å². The van der Waals surface area contributed by atoms with Gasteiger partial charge in [0.1, 0.15) is 0 Å². The molecule has 3 nitrogen and oxygen atoms in total. The van der Waals surface area contributed by atoms with Crippen LogP contribution in [0.3, 0.4) is 0 Å². The molecule has 2 aromatic rings. The van der Waals surface area contributed by atoms with Crippen molar-refractivity contribution in [2.75, 3.05) is 11.4 Å². The predicted octanol–water partition coefficient (Wildman–Crippen LogP) is 3.78. The number of thiophene rings is 1. The second kappa shape index (κ2) is 5.89. The molecule has 4 heteroatoms. The van der Waals surface area contributed by atoms with Crippen LogP contribution in [-0.4, -0.2) is 17.6 Å². The van der Waals surface area contributed by atoms with Crippen LogP contribution in [0.2, 0.25) is 0 Å². The lowest BCUT2D eigenvalue weighted by Crippen LogP contribution is -2.21. The molecule has 0 radical (unpaired) electrons. The molecule has 0 aliphatic carbocycles. The van der Waals surface area contributed by atoms with E-state index in [1.807, 2.05) is 25.1 Å². The van der Waals surface area contributed by atoms with Gasteiger partial charge in [0, 0.05) is 17.1 Å². The summed E-state index contributed by atoms with van der Waals surface area (Å²) < 4.78 is 0. The molecule has 1 aromatic heterocycles. The number of hydrogen-bond acceptors (Lipinski definition) is 3. The van der Waals surface area contributed by atoms with Gasteiger partial charge in [0.2, 0.25) is 0 Å². The SMILES string of the molecule is CCN(Cc1cccs1)c1ccc(C(=O)O)c(C)c1. The topological polar surface area (TPSA) is 40.5 Å². The fourth-order valence-corrected chi connectivity index (χ4v) is 2.78. The first-order chi connectivity index (χ1) is 9.11. The molecule has 0 aliphatic heterocycles. The molecule has 0 fully saturated rings. The molecule has 19 heavy (non-hydrogen) atoms. The van der Waals surface area contributed by atoms with Crippen molar-refractivity contribution in [3.8, 4) is 0 Å². The number of rotatable bonds is 5. The fraction of sp³-hybridized carbons (Fsp3) is 0.267. The van der Waals surface area contributed by atoms with Crippen LogP contribution in [0.4, 0.5) is 5.69 Å². The standard InChI is InChI=1S/C15H17NO2S/c1-3-16(10-13-5-4-8-19-13)12-6-7-14(15(17)18)11(2)9-12/h4-9H,3,10H2,1-2H3,(H,17,18). The molecule has 1 N–H and O–H groups in total. The van der Waals surface area contributed by atoms with Crippen molar-refractivity contribution in [2.24, 2.45) is 0 Å². The number of aromatic carboxylic acids is 1. The van der Waals surface area contributed by atoms with Crippen LogP contribution in [-0.2, 0) is 6.54 Å². The van der Waals surface area contributed by atoms with Crippen LogP contribution in [0.1, 0.15) is 27.7 Å². The number of nitrogens with zero attached hydrogens (tertiary/aromatic N) is 1. The van der Waals surface area contributed by atoms with Crippen LogP contribution < -0.4 is 4.90 Å². The van der Waals surface area contributed by atoms with E-state index in [2.05, 4.69) is 23.3 Å². The predicted molar refractivity (Wildman–Crippen MR) is 79.2 cm³/mol. The second-order valence-corrected chi connectivity index (χ2v) is 5.43. The Morgan fingerprint density at radius 2 is 2.16 bits per heavy atom. The number of carboxylic acids is 1. The van der Waals surface area contributed by atoms with Gasteiger partial charge in [0.05, 0.1) is 12.1 Å². The average molecular weight is 275 g/mol. The monoisotopic (exact) mass is 275 g/mol. The third kappa shape index (κ3) is 3.15. The zero-order chi connectivity index (χ0) is 13.8. The largest absolute Gasteiger partial charge is 0.478 e. The van der Waals surface area contributed by atoms with Gasteiger partial charge >= 0.3 is 5.97 Å². The summed E-state index contributed by atoms with van der Waals surface area (Å²) in [7, 11) is 0. The van der Waals surface area contributed by atoms with Gasteiger partial charge in [-0.15, -0.1) is 11.3 Å². The lowest BCUT2D eigenvalue weighted by atomic mass is 10.1. The van der Waals surface area contributed by atoms with E-state index in [0.717, 1.165) is 24.3 Å². The lowest BCUT2D eigenvalue weighted by molar-refractivity contribution is 0.0696. The summed E-state index contributed by atoms with van der Waals surface area (Å²) in [6.45, 7) is 5.70. The van der Waals surface area contributed by atoms with Crippen LogP contribution in [0.25, 0.3) is 0 Å². The van der Waals surface area contributed by atoms with Gasteiger partial charge < -0.3 is 10.0 Å². The summed E-state index contributed by atoms with van der Waals surface area (Å²) in [4.78, 5) is 14.6. The maximum Gasteiger partial charge on any atom is 0.335 e. The fourth-order valence-electron chi connectivity index (χ4n) is 2.06. The van der Waals surface area contributed by atoms with Crippen LogP contribution in [0.5, 0.6) is 0 Å². The normalized spacial score (nSPS) is 10.4. The maximum atomic E-state index is 11.0. The maximum absolute atomic E-state index is 11.0.